The Labute approximate surface area is 95.4 Å². The summed E-state index contributed by atoms with van der Waals surface area (Å²) in [6, 6.07) is 5.02. The predicted octanol–water partition coefficient (Wildman–Crippen LogP) is 4.63. The van der Waals surface area contributed by atoms with E-state index < -0.39 is 0 Å². The molecule has 1 aliphatic rings. The van der Waals surface area contributed by atoms with E-state index >= 15 is 0 Å². The molecule has 3 atom stereocenters. The Morgan fingerprint density at radius 2 is 2.13 bits per heavy atom. The summed E-state index contributed by atoms with van der Waals surface area (Å²) in [4.78, 5) is 0. The zero-order chi connectivity index (χ0) is 11.0. The van der Waals surface area contributed by atoms with Crippen LogP contribution >= 0.6 is 11.6 Å². The molecule has 0 heterocycles. The molecule has 0 aliphatic heterocycles. The maximum Gasteiger partial charge on any atom is 0.128 e. The van der Waals surface area contributed by atoms with E-state index in [0.29, 0.717) is 16.9 Å². The van der Waals surface area contributed by atoms with Crippen LogP contribution < -0.4 is 0 Å². The molecule has 2 heteroatoms. The predicted molar refractivity (Wildman–Crippen MR) is 61.7 cm³/mol. The summed E-state index contributed by atoms with van der Waals surface area (Å²) in [7, 11) is 0. The molecule has 2 unspecified atom stereocenters. The molecule has 1 fully saturated rings. The van der Waals surface area contributed by atoms with Gasteiger partial charge in [-0.1, -0.05) is 37.9 Å². The minimum absolute atomic E-state index is 0.158. The van der Waals surface area contributed by atoms with Crippen molar-refractivity contribution in [3.63, 3.8) is 0 Å². The molecule has 1 aliphatic carbocycles. The van der Waals surface area contributed by atoms with Crippen LogP contribution in [0.3, 0.4) is 0 Å². The standard InChI is InChI=1S/C13H16ClF/c1-8-3-5-11(8)9(2)12-6-4-10(14)7-13(12)15/h4,6-9,11H,3,5H2,1-2H3/t8?,9-,11?/m0/s1. The minimum Gasteiger partial charge on any atom is -0.207 e. The zero-order valence-electron chi connectivity index (χ0n) is 9.13. The van der Waals surface area contributed by atoms with Gasteiger partial charge in [0.1, 0.15) is 5.82 Å². The lowest BCUT2D eigenvalue weighted by Crippen LogP contribution is -2.28. The first-order chi connectivity index (χ1) is 7.09. The van der Waals surface area contributed by atoms with Crippen molar-refractivity contribution in [1.82, 2.24) is 0 Å². The first-order valence-electron chi connectivity index (χ1n) is 5.54. The van der Waals surface area contributed by atoms with Crippen molar-refractivity contribution in [3.05, 3.63) is 34.6 Å². The largest absolute Gasteiger partial charge is 0.207 e. The highest BCUT2D eigenvalue weighted by molar-refractivity contribution is 6.30. The van der Waals surface area contributed by atoms with Crippen LogP contribution in [-0.2, 0) is 0 Å². The van der Waals surface area contributed by atoms with Crippen molar-refractivity contribution in [2.45, 2.75) is 32.6 Å². The van der Waals surface area contributed by atoms with Crippen molar-refractivity contribution < 1.29 is 4.39 Å². The normalized spacial score (nSPS) is 27.2. The fourth-order valence-electron chi connectivity index (χ4n) is 2.54. The van der Waals surface area contributed by atoms with E-state index in [0.717, 1.165) is 11.5 Å². The summed E-state index contributed by atoms with van der Waals surface area (Å²) >= 11 is 5.74. The maximum atomic E-state index is 13.7. The van der Waals surface area contributed by atoms with Crippen LogP contribution in [0.25, 0.3) is 0 Å². The third-order valence-corrected chi connectivity index (χ3v) is 4.02. The van der Waals surface area contributed by atoms with Gasteiger partial charge in [0.25, 0.3) is 0 Å². The first kappa shape index (κ1) is 10.9. The second-order valence-electron chi connectivity index (χ2n) is 4.67. The lowest BCUT2D eigenvalue weighted by Gasteiger charge is -2.38. The Kier molecular flexibility index (Phi) is 3.01. The van der Waals surface area contributed by atoms with Gasteiger partial charge >= 0.3 is 0 Å². The second-order valence-corrected chi connectivity index (χ2v) is 5.11. The summed E-state index contributed by atoms with van der Waals surface area (Å²) in [5.74, 6) is 1.52. The quantitative estimate of drug-likeness (QED) is 0.690. The van der Waals surface area contributed by atoms with Crippen molar-refractivity contribution in [2.24, 2.45) is 11.8 Å². The highest BCUT2D eigenvalue weighted by Crippen LogP contribution is 2.44. The van der Waals surface area contributed by atoms with Crippen LogP contribution in [0.15, 0.2) is 18.2 Å². The summed E-state index contributed by atoms with van der Waals surface area (Å²) in [6.45, 7) is 4.37. The van der Waals surface area contributed by atoms with E-state index in [1.54, 1.807) is 6.07 Å². The highest BCUT2D eigenvalue weighted by atomic mass is 35.5. The number of benzene rings is 1. The van der Waals surface area contributed by atoms with E-state index in [4.69, 9.17) is 11.6 Å². The fourth-order valence-corrected chi connectivity index (χ4v) is 2.70. The molecule has 0 nitrogen and oxygen atoms in total. The van der Waals surface area contributed by atoms with Gasteiger partial charge in [0.2, 0.25) is 0 Å². The monoisotopic (exact) mass is 226 g/mol. The summed E-state index contributed by atoms with van der Waals surface area (Å²) < 4.78 is 13.7. The molecular weight excluding hydrogens is 211 g/mol. The first-order valence-corrected chi connectivity index (χ1v) is 5.92. The van der Waals surface area contributed by atoms with Crippen molar-refractivity contribution in [1.29, 1.82) is 0 Å². The summed E-state index contributed by atoms with van der Waals surface area (Å²) in [5.41, 5.74) is 0.816. The summed E-state index contributed by atoms with van der Waals surface area (Å²) in [5, 5.41) is 0.477. The molecule has 0 spiro atoms. The fraction of sp³-hybridized carbons (Fsp3) is 0.538. The van der Waals surface area contributed by atoms with E-state index in [1.165, 1.54) is 18.9 Å². The lowest BCUT2D eigenvalue weighted by atomic mass is 9.67. The van der Waals surface area contributed by atoms with Gasteiger partial charge in [0.05, 0.1) is 0 Å². The maximum absolute atomic E-state index is 13.7. The Bertz CT molecular complexity index is 362. The van der Waals surface area contributed by atoms with Gasteiger partial charge in [-0.2, -0.15) is 0 Å². The SMILES string of the molecule is CC1CCC1[C@H](C)c1ccc(Cl)cc1F. The average Bonchev–Trinajstić information content (AvgIpc) is 2.15. The lowest BCUT2D eigenvalue weighted by molar-refractivity contribution is 0.164. The van der Waals surface area contributed by atoms with E-state index in [9.17, 15) is 4.39 Å². The Hall–Kier alpha value is -0.560. The number of hydrogen-bond donors (Lipinski definition) is 0. The number of halogens is 2. The average molecular weight is 227 g/mol. The molecule has 0 bridgehead atoms. The molecule has 0 N–H and O–H groups in total. The van der Waals surface area contributed by atoms with Crippen LogP contribution in [0.4, 0.5) is 4.39 Å². The van der Waals surface area contributed by atoms with Crippen molar-refractivity contribution in [2.75, 3.05) is 0 Å². The van der Waals surface area contributed by atoms with Gasteiger partial charge in [0.15, 0.2) is 0 Å². The molecular formula is C13H16ClF. The second kappa shape index (κ2) is 4.13. The smallest absolute Gasteiger partial charge is 0.128 e. The molecule has 0 saturated heterocycles. The summed E-state index contributed by atoms with van der Waals surface area (Å²) in [6.07, 6.45) is 2.51. The van der Waals surface area contributed by atoms with Crippen LogP contribution in [0.1, 0.15) is 38.2 Å². The Morgan fingerprint density at radius 3 is 2.60 bits per heavy atom. The third kappa shape index (κ3) is 2.03. The highest BCUT2D eigenvalue weighted by Gasteiger charge is 2.33. The molecule has 1 aromatic carbocycles. The van der Waals surface area contributed by atoms with Crippen molar-refractivity contribution in [3.8, 4) is 0 Å². The van der Waals surface area contributed by atoms with Gasteiger partial charge in [-0.05, 0) is 41.9 Å². The van der Waals surface area contributed by atoms with Crippen LogP contribution in [0, 0.1) is 17.7 Å². The molecule has 2 rings (SSSR count). The van der Waals surface area contributed by atoms with Gasteiger partial charge in [-0.25, -0.2) is 4.39 Å². The molecule has 82 valence electrons. The van der Waals surface area contributed by atoms with Gasteiger partial charge < -0.3 is 0 Å². The van der Waals surface area contributed by atoms with Crippen LogP contribution in [-0.4, -0.2) is 0 Å². The zero-order valence-corrected chi connectivity index (χ0v) is 9.89. The van der Waals surface area contributed by atoms with Crippen LogP contribution in [0.5, 0.6) is 0 Å². The minimum atomic E-state index is -0.158. The topological polar surface area (TPSA) is 0 Å². The Balaban J connectivity index is 2.21. The third-order valence-electron chi connectivity index (χ3n) is 3.78. The van der Waals surface area contributed by atoms with E-state index in [1.807, 2.05) is 6.07 Å². The number of hydrogen-bond acceptors (Lipinski definition) is 0. The van der Waals surface area contributed by atoms with Gasteiger partial charge in [0, 0.05) is 5.02 Å². The molecule has 1 saturated carbocycles. The van der Waals surface area contributed by atoms with Crippen LogP contribution in [0.2, 0.25) is 5.02 Å². The molecule has 0 aromatic heterocycles. The molecule has 0 radical (unpaired) electrons. The molecule has 1 aromatic rings. The van der Waals surface area contributed by atoms with E-state index in [2.05, 4.69) is 13.8 Å². The molecule has 0 amide bonds. The number of rotatable bonds is 2. The van der Waals surface area contributed by atoms with Gasteiger partial charge in [-0.15, -0.1) is 0 Å². The van der Waals surface area contributed by atoms with E-state index in [-0.39, 0.29) is 5.82 Å². The molecule has 15 heavy (non-hydrogen) atoms. The Morgan fingerprint density at radius 1 is 1.40 bits per heavy atom. The van der Waals surface area contributed by atoms with Crippen molar-refractivity contribution >= 4 is 11.6 Å². The van der Waals surface area contributed by atoms with Gasteiger partial charge in [-0.3, -0.25) is 0 Å².